The van der Waals surface area contributed by atoms with Gasteiger partial charge in [-0.25, -0.2) is 0 Å². The molecule has 31 heavy (non-hydrogen) atoms. The molecule has 0 aliphatic carbocycles. The van der Waals surface area contributed by atoms with Crippen molar-refractivity contribution in [3.8, 4) is 17.2 Å². The first-order valence-corrected chi connectivity index (χ1v) is 10.2. The Bertz CT molecular complexity index is 1020. The fraction of sp³-hybridized carbons (Fsp3) is 0.227. The number of benzene rings is 2. The fourth-order valence-electron chi connectivity index (χ4n) is 2.89. The molecule has 1 heterocycles. The molecule has 1 fully saturated rings. The maximum atomic E-state index is 12.7. The molecule has 0 spiro atoms. The van der Waals surface area contributed by atoms with Gasteiger partial charge in [0.1, 0.15) is 6.54 Å². The van der Waals surface area contributed by atoms with Crippen molar-refractivity contribution < 1.29 is 29.0 Å². The van der Waals surface area contributed by atoms with Crippen molar-refractivity contribution in [3.05, 3.63) is 58.0 Å². The Morgan fingerprint density at radius 2 is 1.74 bits per heavy atom. The minimum atomic E-state index is -0.563. The zero-order valence-electron chi connectivity index (χ0n) is 17.3. The number of amides is 3. The van der Waals surface area contributed by atoms with Crippen LogP contribution in [0.5, 0.6) is 17.2 Å². The Kier molecular flexibility index (Phi) is 6.86. The van der Waals surface area contributed by atoms with E-state index in [9.17, 15) is 19.5 Å². The van der Waals surface area contributed by atoms with Gasteiger partial charge in [0.25, 0.3) is 11.1 Å². The van der Waals surface area contributed by atoms with E-state index < -0.39 is 17.1 Å². The quantitative estimate of drug-likeness (QED) is 0.635. The second kappa shape index (κ2) is 9.57. The Labute approximate surface area is 183 Å². The van der Waals surface area contributed by atoms with Crippen LogP contribution in [0.4, 0.5) is 4.79 Å². The molecule has 3 rings (SSSR count). The smallest absolute Gasteiger partial charge is 0.294 e. The van der Waals surface area contributed by atoms with Crippen LogP contribution < -0.4 is 14.8 Å². The third-order valence-electron chi connectivity index (χ3n) is 4.59. The largest absolute Gasteiger partial charge is 0.502 e. The van der Waals surface area contributed by atoms with Crippen molar-refractivity contribution in [2.75, 3.05) is 20.8 Å². The number of carbonyl (C=O) groups excluding carboxylic acids is 3. The molecule has 0 aromatic heterocycles. The number of aromatic hydroxyl groups is 1. The van der Waals surface area contributed by atoms with Gasteiger partial charge in [-0.2, -0.15) is 0 Å². The molecule has 0 bridgehead atoms. The maximum absolute atomic E-state index is 12.7. The van der Waals surface area contributed by atoms with Crippen molar-refractivity contribution in [3.63, 3.8) is 0 Å². The van der Waals surface area contributed by atoms with Crippen molar-refractivity contribution in [2.45, 2.75) is 13.5 Å². The number of thioether (sulfide) groups is 1. The van der Waals surface area contributed by atoms with Gasteiger partial charge in [-0.3, -0.25) is 19.3 Å². The number of imide groups is 1. The molecule has 0 unspecified atom stereocenters. The van der Waals surface area contributed by atoms with Crippen molar-refractivity contribution in [1.82, 2.24) is 10.2 Å². The van der Waals surface area contributed by atoms with Gasteiger partial charge < -0.3 is 19.9 Å². The zero-order valence-corrected chi connectivity index (χ0v) is 18.1. The predicted molar refractivity (Wildman–Crippen MR) is 117 cm³/mol. The number of rotatable bonds is 7. The van der Waals surface area contributed by atoms with Crippen LogP contribution in [0.25, 0.3) is 6.08 Å². The summed E-state index contributed by atoms with van der Waals surface area (Å²) in [5.74, 6) is -0.829. The van der Waals surface area contributed by atoms with Gasteiger partial charge >= 0.3 is 0 Å². The summed E-state index contributed by atoms with van der Waals surface area (Å²) >= 11 is 0.740. The van der Waals surface area contributed by atoms with Crippen LogP contribution in [0.1, 0.15) is 16.7 Å². The van der Waals surface area contributed by atoms with E-state index in [0.29, 0.717) is 12.1 Å². The molecular weight excluding hydrogens is 420 g/mol. The normalized spacial score (nSPS) is 14.8. The van der Waals surface area contributed by atoms with E-state index in [1.165, 1.54) is 32.4 Å². The molecule has 0 saturated carbocycles. The van der Waals surface area contributed by atoms with Crippen molar-refractivity contribution >= 4 is 34.9 Å². The van der Waals surface area contributed by atoms with Crippen LogP contribution in [0.15, 0.2) is 41.3 Å². The van der Waals surface area contributed by atoms with Gasteiger partial charge in [-0.15, -0.1) is 0 Å². The summed E-state index contributed by atoms with van der Waals surface area (Å²) in [6.07, 6.45) is 1.49. The molecule has 1 aliphatic heterocycles. The van der Waals surface area contributed by atoms with Crippen molar-refractivity contribution in [2.24, 2.45) is 0 Å². The lowest BCUT2D eigenvalue weighted by Crippen LogP contribution is -2.39. The summed E-state index contributed by atoms with van der Waals surface area (Å²) in [5, 5.41) is 12.2. The van der Waals surface area contributed by atoms with E-state index in [1.807, 2.05) is 31.2 Å². The molecule has 0 atom stereocenters. The van der Waals surface area contributed by atoms with E-state index >= 15 is 0 Å². The Morgan fingerprint density at radius 3 is 2.32 bits per heavy atom. The summed E-state index contributed by atoms with van der Waals surface area (Å²) in [4.78, 5) is 38.3. The molecule has 162 valence electrons. The number of phenolic OH excluding ortho intramolecular Hbond substituents is 1. The van der Waals surface area contributed by atoms with Gasteiger partial charge in [0.05, 0.1) is 19.1 Å². The lowest BCUT2D eigenvalue weighted by molar-refractivity contribution is -0.129. The Hall–Kier alpha value is -3.46. The molecule has 1 saturated heterocycles. The summed E-state index contributed by atoms with van der Waals surface area (Å²) < 4.78 is 10.2. The SMILES string of the molecule is COc1cc(/C=C2\SC(=O)N(CC(=O)NCc3ccc(C)cc3)C2=O)cc(OC)c1O. The first-order valence-electron chi connectivity index (χ1n) is 9.35. The summed E-state index contributed by atoms with van der Waals surface area (Å²) in [7, 11) is 2.78. The average molecular weight is 442 g/mol. The standard InChI is InChI=1S/C22H22N2O6S/c1-13-4-6-14(7-5-13)11-23-19(25)12-24-21(27)18(31-22(24)28)10-15-8-16(29-2)20(26)17(9-15)30-3/h4-10,26H,11-12H2,1-3H3,(H,23,25)/b18-10-. The second-order valence-electron chi connectivity index (χ2n) is 6.80. The van der Waals surface area contributed by atoms with E-state index in [4.69, 9.17) is 9.47 Å². The van der Waals surface area contributed by atoms with E-state index in [1.54, 1.807) is 0 Å². The molecule has 9 heteroatoms. The van der Waals surface area contributed by atoms with Crippen molar-refractivity contribution in [1.29, 1.82) is 0 Å². The minimum absolute atomic E-state index is 0.158. The molecular formula is C22H22N2O6S. The average Bonchev–Trinajstić information content (AvgIpc) is 3.01. The summed E-state index contributed by atoms with van der Waals surface area (Å²) in [6, 6.07) is 10.7. The van der Waals surface area contributed by atoms with Crippen LogP contribution in [0, 0.1) is 6.92 Å². The first kappa shape index (κ1) is 22.2. The van der Waals surface area contributed by atoms with Gasteiger partial charge in [0.2, 0.25) is 11.7 Å². The highest BCUT2D eigenvalue weighted by Crippen LogP contribution is 2.39. The maximum Gasteiger partial charge on any atom is 0.294 e. The predicted octanol–water partition coefficient (Wildman–Crippen LogP) is 3.07. The van der Waals surface area contributed by atoms with E-state index in [2.05, 4.69) is 5.32 Å². The topological polar surface area (TPSA) is 105 Å². The highest BCUT2D eigenvalue weighted by atomic mass is 32.2. The van der Waals surface area contributed by atoms with Gasteiger partial charge in [-0.1, -0.05) is 29.8 Å². The molecule has 2 aromatic carbocycles. The Balaban J connectivity index is 1.69. The number of ether oxygens (including phenoxy) is 2. The van der Waals surface area contributed by atoms with Gasteiger partial charge in [0, 0.05) is 6.54 Å². The van der Waals surface area contributed by atoms with E-state index in [-0.39, 0.29) is 28.7 Å². The molecule has 8 nitrogen and oxygen atoms in total. The van der Waals surface area contributed by atoms with E-state index in [0.717, 1.165) is 27.8 Å². The second-order valence-corrected chi connectivity index (χ2v) is 7.80. The summed E-state index contributed by atoms with van der Waals surface area (Å²) in [5.41, 5.74) is 2.53. The zero-order chi connectivity index (χ0) is 22.5. The van der Waals surface area contributed by atoms with Crippen LogP contribution in [-0.2, 0) is 16.1 Å². The number of nitrogens with one attached hydrogen (secondary N) is 1. The molecule has 3 amide bonds. The highest BCUT2D eigenvalue weighted by Gasteiger charge is 2.36. The lowest BCUT2D eigenvalue weighted by atomic mass is 10.1. The molecule has 0 radical (unpaired) electrons. The highest BCUT2D eigenvalue weighted by molar-refractivity contribution is 8.18. The third kappa shape index (κ3) is 5.18. The molecule has 2 N–H and O–H groups in total. The van der Waals surface area contributed by atoms with Gasteiger partial charge in [-0.05, 0) is 48.0 Å². The lowest BCUT2D eigenvalue weighted by Gasteiger charge is -2.12. The Morgan fingerprint density at radius 1 is 1.13 bits per heavy atom. The minimum Gasteiger partial charge on any atom is -0.502 e. The number of nitrogens with zero attached hydrogens (tertiary/aromatic N) is 1. The van der Waals surface area contributed by atoms with Crippen LogP contribution in [0.2, 0.25) is 0 Å². The van der Waals surface area contributed by atoms with Crippen LogP contribution >= 0.6 is 11.8 Å². The number of hydrogen-bond acceptors (Lipinski definition) is 7. The number of phenols is 1. The fourth-order valence-corrected chi connectivity index (χ4v) is 3.73. The third-order valence-corrected chi connectivity index (χ3v) is 5.49. The number of carbonyl (C=O) groups is 3. The number of hydrogen-bond donors (Lipinski definition) is 2. The monoisotopic (exact) mass is 442 g/mol. The van der Waals surface area contributed by atoms with Crippen LogP contribution in [-0.4, -0.2) is 47.8 Å². The number of aryl methyl sites for hydroxylation is 1. The van der Waals surface area contributed by atoms with Gasteiger partial charge in [0.15, 0.2) is 11.5 Å². The molecule has 1 aliphatic rings. The molecule has 2 aromatic rings. The van der Waals surface area contributed by atoms with Crippen LogP contribution in [0.3, 0.4) is 0 Å². The summed E-state index contributed by atoms with van der Waals surface area (Å²) in [6.45, 7) is 1.91. The first-order chi connectivity index (χ1) is 14.8. The number of methoxy groups -OCH3 is 2.